The minimum absolute atomic E-state index is 0. The molecule has 0 aromatic heterocycles. The number of imide groups is 1. The van der Waals surface area contributed by atoms with E-state index in [4.69, 9.17) is 9.93 Å². The molecule has 2 heterocycles. The number of amides is 3. The Balaban J connectivity index is -0.000000101. The van der Waals surface area contributed by atoms with Crippen LogP contribution in [0.1, 0.15) is 40.5 Å². The summed E-state index contributed by atoms with van der Waals surface area (Å²) in [4.78, 5) is 48.4. The molecular formula is C12H26N2O6. The fraction of sp³-hybridized carbons (Fsp3) is 0.750. The van der Waals surface area contributed by atoms with E-state index in [1.165, 1.54) is 11.9 Å². The first-order valence-corrected chi connectivity index (χ1v) is 5.22. The molecule has 20 heavy (non-hydrogen) atoms. The van der Waals surface area contributed by atoms with E-state index in [0.29, 0.717) is 18.7 Å². The highest BCUT2D eigenvalue weighted by molar-refractivity contribution is 6.01. The minimum atomic E-state index is -0.0602. The molecule has 0 aromatic carbocycles. The first-order valence-electron chi connectivity index (χ1n) is 5.22. The van der Waals surface area contributed by atoms with Gasteiger partial charge in [0.05, 0.1) is 0 Å². The fourth-order valence-corrected chi connectivity index (χ4v) is 1.47. The molecule has 0 aliphatic carbocycles. The smallest absolute Gasteiger partial charge is 0.229 e. The Bertz CT molecular complexity index is 292. The minimum Gasteiger partial charge on any atom is -0.412 e. The molecule has 0 saturated carbocycles. The van der Waals surface area contributed by atoms with Gasteiger partial charge in [0, 0.05) is 49.8 Å². The van der Waals surface area contributed by atoms with E-state index in [9.17, 15) is 14.4 Å². The van der Waals surface area contributed by atoms with Gasteiger partial charge < -0.3 is 10.4 Å². The second kappa shape index (κ2) is 13.6. The second-order valence-electron chi connectivity index (χ2n) is 3.77. The predicted octanol–water partition coefficient (Wildman–Crippen LogP) is 0.518. The summed E-state index contributed by atoms with van der Waals surface area (Å²) in [7, 11) is 3.35. The number of carbonyl (C=O) groups is 3. The number of nitrogens with zero attached hydrogens (tertiary/aromatic N) is 2. The van der Waals surface area contributed by atoms with E-state index in [2.05, 4.69) is 0 Å². The summed E-state index contributed by atoms with van der Waals surface area (Å²) >= 11 is 0. The van der Waals surface area contributed by atoms with Gasteiger partial charge in [0.2, 0.25) is 17.7 Å². The zero-order valence-electron chi connectivity index (χ0n) is 10.5. The Kier molecular flexibility index (Phi) is 18.1. The van der Waals surface area contributed by atoms with Crippen molar-refractivity contribution in [3.05, 3.63) is 9.93 Å². The average molecular weight is 294 g/mol. The van der Waals surface area contributed by atoms with Crippen molar-refractivity contribution in [2.45, 2.75) is 40.5 Å². The van der Waals surface area contributed by atoms with Crippen LogP contribution in [0.4, 0.5) is 0 Å². The van der Waals surface area contributed by atoms with Crippen molar-refractivity contribution in [2.24, 2.45) is 0 Å². The van der Waals surface area contributed by atoms with Gasteiger partial charge in [-0.15, -0.1) is 0 Å². The third-order valence-electron chi connectivity index (χ3n) is 2.61. The van der Waals surface area contributed by atoms with E-state index in [1.807, 2.05) is 7.05 Å². The second-order valence-corrected chi connectivity index (χ2v) is 3.77. The highest BCUT2D eigenvalue weighted by Gasteiger charge is 2.24. The van der Waals surface area contributed by atoms with E-state index in [-0.39, 0.29) is 32.1 Å². The van der Waals surface area contributed by atoms with Gasteiger partial charge in [-0.2, -0.15) is 0 Å². The van der Waals surface area contributed by atoms with Crippen LogP contribution < -0.4 is 0 Å². The Morgan fingerprint density at radius 3 is 1.30 bits per heavy atom. The molecular weight excluding hydrogens is 268 g/mol. The molecule has 3 amide bonds. The zero-order valence-corrected chi connectivity index (χ0v) is 10.5. The van der Waals surface area contributed by atoms with Crippen LogP contribution in [0.25, 0.3) is 0 Å². The molecule has 2 aliphatic rings. The van der Waals surface area contributed by atoms with Crippen LogP contribution in [0, 0.1) is 9.93 Å². The zero-order chi connectivity index (χ0) is 13.4. The van der Waals surface area contributed by atoms with Gasteiger partial charge in [-0.05, 0) is 6.42 Å². The first-order chi connectivity index (χ1) is 8.02. The molecule has 8 nitrogen and oxygen atoms in total. The molecule has 2 rings (SSSR count). The maximum atomic E-state index is 10.5. The fourth-order valence-electron chi connectivity index (χ4n) is 1.47. The normalized spacial score (nSPS) is 15.8. The third-order valence-corrected chi connectivity index (χ3v) is 2.61. The summed E-state index contributed by atoms with van der Waals surface area (Å²) in [5.74, 6) is 0.171. The molecule has 120 valence electrons. The van der Waals surface area contributed by atoms with Crippen LogP contribution in [0.15, 0.2) is 0 Å². The Morgan fingerprint density at radius 1 is 0.800 bits per heavy atom. The van der Waals surface area contributed by atoms with Gasteiger partial charge in [0.25, 0.3) is 0 Å². The van der Waals surface area contributed by atoms with Gasteiger partial charge >= 0.3 is 0 Å². The van der Waals surface area contributed by atoms with Crippen LogP contribution in [0.3, 0.4) is 0 Å². The lowest BCUT2D eigenvalue weighted by Gasteiger charge is -2.03. The summed E-state index contributed by atoms with van der Waals surface area (Å²) in [6.45, 7) is 0.957. The molecule has 0 spiro atoms. The Hall–Kier alpha value is -1.83. The maximum absolute atomic E-state index is 10.5. The van der Waals surface area contributed by atoms with Gasteiger partial charge in [0.1, 0.15) is 0 Å². The Morgan fingerprint density at radius 2 is 1.20 bits per heavy atom. The topological polar surface area (TPSA) is 123 Å². The first kappa shape index (κ1) is 26.7. The van der Waals surface area contributed by atoms with Crippen molar-refractivity contribution in [3.63, 3.8) is 0 Å². The number of likely N-dealkylation sites (tertiary alicyclic amines) is 2. The van der Waals surface area contributed by atoms with Gasteiger partial charge in [-0.1, -0.05) is 14.9 Å². The van der Waals surface area contributed by atoms with Gasteiger partial charge in [-0.25, -0.2) is 0 Å². The van der Waals surface area contributed by atoms with Crippen LogP contribution in [-0.4, -0.2) is 53.6 Å². The van der Waals surface area contributed by atoms with Crippen molar-refractivity contribution < 1.29 is 19.9 Å². The van der Waals surface area contributed by atoms with Crippen molar-refractivity contribution in [3.8, 4) is 0 Å². The quantitative estimate of drug-likeness (QED) is 0.602. The number of carbonyl (C=O) groups excluding carboxylic acids is 3. The number of hydrogen-bond donors (Lipinski definition) is 0. The lowest BCUT2D eigenvalue weighted by Crippen LogP contribution is -2.23. The molecule has 0 unspecified atom stereocenters. The van der Waals surface area contributed by atoms with Crippen molar-refractivity contribution in [2.75, 3.05) is 20.6 Å². The predicted molar refractivity (Wildman–Crippen MR) is 77.7 cm³/mol. The van der Waals surface area contributed by atoms with Crippen LogP contribution in [-0.2, 0) is 14.4 Å². The van der Waals surface area contributed by atoms with Crippen LogP contribution in [0.2, 0.25) is 0 Å². The van der Waals surface area contributed by atoms with Gasteiger partial charge in [-0.3, -0.25) is 19.3 Å². The molecule has 0 aromatic rings. The molecule has 8 heteroatoms. The molecule has 2 aliphatic heterocycles. The summed E-state index contributed by atoms with van der Waals surface area (Å²) in [5.41, 5.74) is 0. The molecule has 0 atom stereocenters. The lowest BCUT2D eigenvalue weighted by molar-refractivity contribution is -0.136. The SMILES string of the molecule is C.C.CN1C(=O)CCC1=O.CN1CCCC1=O.O.O=O. The van der Waals surface area contributed by atoms with E-state index >= 15 is 0 Å². The largest absolute Gasteiger partial charge is 0.412 e. The number of rotatable bonds is 0. The van der Waals surface area contributed by atoms with E-state index in [0.717, 1.165) is 19.4 Å². The monoisotopic (exact) mass is 294 g/mol. The third kappa shape index (κ3) is 8.30. The molecule has 0 bridgehead atoms. The molecule has 2 N–H and O–H groups in total. The highest BCUT2D eigenvalue weighted by Crippen LogP contribution is 2.07. The Labute approximate surface area is 119 Å². The summed E-state index contributed by atoms with van der Waals surface area (Å²) in [5, 5.41) is 0. The van der Waals surface area contributed by atoms with Crippen LogP contribution in [0.5, 0.6) is 0 Å². The average Bonchev–Trinajstić information content (AvgIpc) is 2.84. The molecule has 0 radical (unpaired) electrons. The van der Waals surface area contributed by atoms with Gasteiger partial charge in [0.15, 0.2) is 0 Å². The van der Waals surface area contributed by atoms with Crippen LogP contribution >= 0.6 is 0 Å². The van der Waals surface area contributed by atoms with E-state index < -0.39 is 0 Å². The summed E-state index contributed by atoms with van der Waals surface area (Å²) in [6.07, 6.45) is 2.61. The van der Waals surface area contributed by atoms with Crippen molar-refractivity contribution in [1.82, 2.24) is 9.80 Å². The maximum Gasteiger partial charge on any atom is 0.229 e. The van der Waals surface area contributed by atoms with Crippen molar-refractivity contribution in [1.29, 1.82) is 0 Å². The summed E-state index contributed by atoms with van der Waals surface area (Å²) < 4.78 is 0. The standard InChI is InChI=1S/C5H7NO2.C5H9NO.2CH4.O2.H2O/c1-6-4(7)2-3-5(6)8;1-6-4-2-3-5(6)7;;;1-2;/h2-3H2,1H3;2-4H2,1H3;2*1H4;;1H2. The highest BCUT2D eigenvalue weighted by atomic mass is 16.7. The molecule has 2 saturated heterocycles. The molecule has 2 fully saturated rings. The lowest BCUT2D eigenvalue weighted by atomic mass is 10.4. The number of hydrogen-bond acceptors (Lipinski definition) is 5. The van der Waals surface area contributed by atoms with Crippen molar-refractivity contribution >= 4 is 17.7 Å². The summed E-state index contributed by atoms with van der Waals surface area (Å²) in [6, 6.07) is 0. The van der Waals surface area contributed by atoms with E-state index in [1.54, 1.807) is 4.90 Å².